The summed E-state index contributed by atoms with van der Waals surface area (Å²) in [5.41, 5.74) is 2.59. The molecule has 0 spiro atoms. The van der Waals surface area contributed by atoms with Gasteiger partial charge in [0.25, 0.3) is 0 Å². The fourth-order valence-electron chi connectivity index (χ4n) is 6.40. The van der Waals surface area contributed by atoms with Crippen molar-refractivity contribution in [1.82, 2.24) is 9.47 Å². The maximum Gasteiger partial charge on any atom is 0.338 e. The first-order valence-electron chi connectivity index (χ1n) is 15.4. The SMILES string of the molecule is CCOC(=O)c1ccc(N2C(=O)C3Sc4c(sc(=O)n4CC(=O)N4CCCCC4)[C@@H](c4ccc(C(C)(C)C)cc4)C3C2=O)cc1. The smallest absolute Gasteiger partial charge is 0.338 e. The Morgan fingerprint density at radius 1 is 0.911 bits per heavy atom. The molecule has 2 unspecified atom stereocenters. The van der Waals surface area contributed by atoms with E-state index in [1.807, 2.05) is 29.2 Å². The molecule has 9 nitrogen and oxygen atoms in total. The van der Waals surface area contributed by atoms with Gasteiger partial charge in [0.05, 0.1) is 28.8 Å². The first-order chi connectivity index (χ1) is 21.5. The van der Waals surface area contributed by atoms with E-state index in [1.54, 1.807) is 31.2 Å². The summed E-state index contributed by atoms with van der Waals surface area (Å²) in [4.78, 5) is 70.7. The van der Waals surface area contributed by atoms with Gasteiger partial charge in [-0.05, 0) is 67.0 Å². The predicted molar refractivity (Wildman–Crippen MR) is 174 cm³/mol. The van der Waals surface area contributed by atoms with E-state index >= 15 is 0 Å². The minimum absolute atomic E-state index is 0.0801. The van der Waals surface area contributed by atoms with E-state index in [1.165, 1.54) is 21.2 Å². The number of ether oxygens (including phenoxy) is 1. The minimum Gasteiger partial charge on any atom is -0.462 e. The quantitative estimate of drug-likeness (QED) is 0.268. The third-order valence-corrected chi connectivity index (χ3v) is 11.4. The van der Waals surface area contributed by atoms with E-state index in [0.29, 0.717) is 34.2 Å². The summed E-state index contributed by atoms with van der Waals surface area (Å²) in [7, 11) is 0. The highest BCUT2D eigenvalue weighted by atomic mass is 32.2. The molecule has 3 aliphatic heterocycles. The molecular weight excluding hydrogens is 611 g/mol. The van der Waals surface area contributed by atoms with Crippen molar-refractivity contribution in [3.8, 4) is 0 Å². The van der Waals surface area contributed by atoms with E-state index < -0.39 is 23.1 Å². The summed E-state index contributed by atoms with van der Waals surface area (Å²) in [5.74, 6) is -2.60. The van der Waals surface area contributed by atoms with Crippen LogP contribution in [0.4, 0.5) is 5.69 Å². The van der Waals surface area contributed by atoms with Crippen LogP contribution in [0.25, 0.3) is 0 Å². The molecule has 0 aliphatic carbocycles. The minimum atomic E-state index is -0.785. The zero-order chi connectivity index (χ0) is 32.0. The number of thioether (sulfide) groups is 1. The van der Waals surface area contributed by atoms with Crippen molar-refractivity contribution < 1.29 is 23.9 Å². The number of carbonyl (C=O) groups excluding carboxylic acids is 4. The summed E-state index contributed by atoms with van der Waals surface area (Å²) in [5, 5.41) is -0.200. The predicted octanol–water partition coefficient (Wildman–Crippen LogP) is 5.19. The Bertz CT molecular complexity index is 1700. The lowest BCUT2D eigenvalue weighted by Gasteiger charge is -2.31. The van der Waals surface area contributed by atoms with Crippen LogP contribution in [0.5, 0.6) is 0 Å². The number of hydrogen-bond donors (Lipinski definition) is 0. The molecule has 0 N–H and O–H groups in total. The number of esters is 1. The number of anilines is 1. The van der Waals surface area contributed by atoms with Crippen LogP contribution in [0, 0.1) is 5.92 Å². The van der Waals surface area contributed by atoms with E-state index in [-0.39, 0.29) is 41.2 Å². The Balaban J connectivity index is 1.40. The van der Waals surface area contributed by atoms with Gasteiger partial charge in [-0.2, -0.15) is 0 Å². The zero-order valence-corrected chi connectivity index (χ0v) is 27.5. The van der Waals surface area contributed by atoms with E-state index in [9.17, 15) is 24.0 Å². The number of amides is 3. The molecule has 236 valence electrons. The molecule has 1 aromatic heterocycles. The third kappa shape index (κ3) is 5.76. The van der Waals surface area contributed by atoms with E-state index in [0.717, 1.165) is 41.7 Å². The van der Waals surface area contributed by atoms with Crippen LogP contribution in [-0.2, 0) is 31.1 Å². The Kier molecular flexibility index (Phi) is 8.51. The second-order valence-corrected chi connectivity index (χ2v) is 14.9. The van der Waals surface area contributed by atoms with Gasteiger partial charge in [-0.3, -0.25) is 23.7 Å². The fraction of sp³-hybridized carbons (Fsp3) is 0.441. The number of fused-ring (bicyclic) bond motifs is 2. The van der Waals surface area contributed by atoms with Gasteiger partial charge >= 0.3 is 10.8 Å². The van der Waals surface area contributed by atoms with Gasteiger partial charge < -0.3 is 9.64 Å². The summed E-state index contributed by atoms with van der Waals surface area (Å²) in [6.45, 7) is 9.61. The summed E-state index contributed by atoms with van der Waals surface area (Å²) >= 11 is 2.27. The maximum absolute atomic E-state index is 14.2. The lowest BCUT2D eigenvalue weighted by molar-refractivity contribution is -0.133. The average Bonchev–Trinajstić information content (AvgIpc) is 3.47. The number of hydrogen-bond acceptors (Lipinski definition) is 8. The molecule has 3 aromatic rings. The van der Waals surface area contributed by atoms with Crippen LogP contribution in [0.2, 0.25) is 0 Å². The lowest BCUT2D eigenvalue weighted by atomic mass is 9.81. The normalized spacial score (nSPS) is 21.5. The van der Waals surface area contributed by atoms with Crippen LogP contribution in [0.15, 0.2) is 58.4 Å². The molecule has 2 fully saturated rings. The summed E-state index contributed by atoms with van der Waals surface area (Å²) in [6, 6.07) is 14.3. The number of aromatic nitrogens is 1. The first-order valence-corrected chi connectivity index (χ1v) is 17.1. The van der Waals surface area contributed by atoms with E-state index in [4.69, 9.17) is 4.74 Å². The molecule has 3 amide bonds. The summed E-state index contributed by atoms with van der Waals surface area (Å²) < 4.78 is 6.58. The standard InChI is InChI=1S/C34H37N3O6S2/c1-5-43-32(41)21-11-15-23(16-12-21)37-29(39)26-25(20-9-13-22(14-10-20)34(2,3)4)28-31(44-27(26)30(37)40)36(33(42)45-28)19-24(38)35-17-7-6-8-18-35/h9-16,25-27H,5-8,17-19H2,1-4H3/t25-,26?,27?/m0/s1. The number of benzene rings is 2. The molecule has 3 atom stereocenters. The second-order valence-electron chi connectivity index (χ2n) is 12.8. The van der Waals surface area contributed by atoms with E-state index in [2.05, 4.69) is 20.8 Å². The Morgan fingerprint density at radius 2 is 1.58 bits per heavy atom. The second kappa shape index (κ2) is 12.2. The van der Waals surface area contributed by atoms with Gasteiger partial charge in [0.2, 0.25) is 17.7 Å². The highest BCUT2D eigenvalue weighted by Gasteiger charge is 2.57. The monoisotopic (exact) mass is 647 g/mol. The number of thiazole rings is 1. The molecular formula is C34H37N3O6S2. The van der Waals surface area contributed by atoms with Gasteiger partial charge in [0.1, 0.15) is 11.8 Å². The van der Waals surface area contributed by atoms with Crippen molar-refractivity contribution in [3.63, 3.8) is 0 Å². The topological polar surface area (TPSA) is 106 Å². The van der Waals surface area contributed by atoms with Crippen molar-refractivity contribution in [1.29, 1.82) is 0 Å². The van der Waals surface area contributed by atoms with Crippen molar-refractivity contribution in [2.24, 2.45) is 5.92 Å². The van der Waals surface area contributed by atoms with Crippen LogP contribution in [-0.4, -0.2) is 58.1 Å². The van der Waals surface area contributed by atoms with Crippen LogP contribution < -0.4 is 9.77 Å². The summed E-state index contributed by atoms with van der Waals surface area (Å²) in [6.07, 6.45) is 2.98. The van der Waals surface area contributed by atoms with Crippen molar-refractivity contribution in [2.45, 2.75) is 75.1 Å². The van der Waals surface area contributed by atoms with Crippen molar-refractivity contribution in [3.05, 3.63) is 79.8 Å². The molecule has 0 radical (unpaired) electrons. The molecule has 2 aromatic carbocycles. The van der Waals surface area contributed by atoms with Crippen molar-refractivity contribution in [2.75, 3.05) is 24.6 Å². The van der Waals surface area contributed by atoms with Gasteiger partial charge in [0.15, 0.2) is 0 Å². The zero-order valence-electron chi connectivity index (χ0n) is 25.9. The average molecular weight is 648 g/mol. The third-order valence-electron chi connectivity index (χ3n) is 8.82. The number of nitrogens with zero attached hydrogens (tertiary/aromatic N) is 3. The maximum atomic E-state index is 14.2. The number of carbonyl (C=O) groups is 4. The molecule has 3 aliphatic rings. The van der Waals surface area contributed by atoms with Crippen LogP contribution in [0.3, 0.4) is 0 Å². The number of imide groups is 1. The fourth-order valence-corrected chi connectivity index (χ4v) is 9.17. The highest BCUT2D eigenvalue weighted by molar-refractivity contribution is 8.00. The van der Waals surface area contributed by atoms with Gasteiger partial charge in [0, 0.05) is 23.9 Å². The lowest BCUT2D eigenvalue weighted by Crippen LogP contribution is -2.39. The molecule has 45 heavy (non-hydrogen) atoms. The highest BCUT2D eigenvalue weighted by Crippen LogP contribution is 2.54. The first kappa shape index (κ1) is 31.3. The molecule has 0 saturated carbocycles. The molecule has 11 heteroatoms. The Labute approximate surface area is 270 Å². The molecule has 6 rings (SSSR count). The molecule has 4 heterocycles. The van der Waals surface area contributed by atoms with Gasteiger partial charge in [-0.15, -0.1) is 0 Å². The Hall–Kier alpha value is -3.70. The Morgan fingerprint density at radius 3 is 2.20 bits per heavy atom. The molecule has 0 bridgehead atoms. The van der Waals surface area contributed by atoms with Crippen LogP contribution in [0.1, 0.15) is 79.2 Å². The number of likely N-dealkylation sites (tertiary alicyclic amines) is 1. The van der Waals surface area contributed by atoms with Crippen LogP contribution >= 0.6 is 23.1 Å². The van der Waals surface area contributed by atoms with Gasteiger partial charge in [-0.25, -0.2) is 9.69 Å². The molecule has 2 saturated heterocycles. The van der Waals surface area contributed by atoms with Crippen molar-refractivity contribution >= 4 is 52.5 Å². The van der Waals surface area contributed by atoms with Gasteiger partial charge in [-0.1, -0.05) is 68.1 Å². The number of piperidine rings is 1. The number of rotatable bonds is 6. The largest absolute Gasteiger partial charge is 0.462 e.